The number of rotatable bonds is 5. The number of methoxy groups -OCH3 is 2. The van der Waals surface area contributed by atoms with E-state index in [1.807, 2.05) is 18.2 Å². The summed E-state index contributed by atoms with van der Waals surface area (Å²) in [6.45, 7) is 4.30. The van der Waals surface area contributed by atoms with Gasteiger partial charge in [-0.1, -0.05) is 38.1 Å². The number of carbonyl (C=O) groups excluding carboxylic acids is 1. The Kier molecular flexibility index (Phi) is 5.12. The van der Waals surface area contributed by atoms with Gasteiger partial charge >= 0.3 is 5.97 Å². The highest BCUT2D eigenvalue weighted by molar-refractivity contribution is 6.05. The molecule has 1 heterocycles. The topological polar surface area (TPSA) is 44.8 Å². The van der Waals surface area contributed by atoms with E-state index in [0.717, 1.165) is 5.56 Å². The van der Waals surface area contributed by atoms with Crippen LogP contribution in [0, 0.1) is 0 Å². The Labute approximate surface area is 153 Å². The lowest BCUT2D eigenvalue weighted by atomic mass is 10.0. The number of cyclic esters (lactones) is 1. The van der Waals surface area contributed by atoms with E-state index in [4.69, 9.17) is 14.2 Å². The zero-order chi connectivity index (χ0) is 18.7. The van der Waals surface area contributed by atoms with Gasteiger partial charge < -0.3 is 14.2 Å². The maximum absolute atomic E-state index is 12.3. The smallest absolute Gasteiger partial charge is 0.343 e. The van der Waals surface area contributed by atoms with E-state index < -0.39 is 0 Å². The third kappa shape index (κ3) is 3.64. The van der Waals surface area contributed by atoms with Gasteiger partial charge in [0, 0.05) is 0 Å². The van der Waals surface area contributed by atoms with Crippen LogP contribution in [0.2, 0.25) is 0 Å². The molecule has 0 amide bonds. The van der Waals surface area contributed by atoms with Gasteiger partial charge in [0.25, 0.3) is 0 Å². The fourth-order valence-electron chi connectivity index (χ4n) is 2.79. The van der Waals surface area contributed by atoms with Crippen LogP contribution in [-0.2, 0) is 9.53 Å². The van der Waals surface area contributed by atoms with Crippen molar-refractivity contribution in [2.45, 2.75) is 19.8 Å². The molecule has 1 aliphatic heterocycles. The molecule has 3 rings (SSSR count). The lowest BCUT2D eigenvalue weighted by Gasteiger charge is -2.10. The Bertz CT molecular complexity index is 874. The van der Waals surface area contributed by atoms with Crippen molar-refractivity contribution >= 4 is 17.8 Å². The van der Waals surface area contributed by atoms with Gasteiger partial charge in [0.2, 0.25) is 0 Å². The SMILES string of the molecule is COc1ccc(OC)c(C2=C/C(=C/c3ccc(C(C)C)cc3)C(=O)O2)c1. The summed E-state index contributed by atoms with van der Waals surface area (Å²) in [7, 11) is 3.17. The van der Waals surface area contributed by atoms with E-state index >= 15 is 0 Å². The minimum atomic E-state index is -0.377. The first-order valence-corrected chi connectivity index (χ1v) is 8.49. The second kappa shape index (κ2) is 7.48. The fraction of sp³-hybridized carbons (Fsp3) is 0.227. The molecule has 2 aromatic rings. The van der Waals surface area contributed by atoms with Crippen molar-refractivity contribution in [1.29, 1.82) is 0 Å². The number of carbonyl (C=O) groups is 1. The van der Waals surface area contributed by atoms with E-state index in [1.54, 1.807) is 38.5 Å². The Hall–Kier alpha value is -3.01. The molecule has 2 aromatic carbocycles. The van der Waals surface area contributed by atoms with Crippen LogP contribution < -0.4 is 9.47 Å². The molecule has 0 unspecified atom stereocenters. The van der Waals surface area contributed by atoms with Gasteiger partial charge in [0.1, 0.15) is 17.3 Å². The largest absolute Gasteiger partial charge is 0.497 e. The summed E-state index contributed by atoms with van der Waals surface area (Å²) in [4.78, 5) is 12.3. The number of esters is 1. The Balaban J connectivity index is 1.94. The van der Waals surface area contributed by atoms with Crippen molar-refractivity contribution in [3.05, 3.63) is 70.8 Å². The molecule has 0 fully saturated rings. The Morgan fingerprint density at radius 3 is 2.35 bits per heavy atom. The van der Waals surface area contributed by atoms with E-state index in [2.05, 4.69) is 26.0 Å². The highest BCUT2D eigenvalue weighted by Crippen LogP contribution is 2.35. The van der Waals surface area contributed by atoms with Crippen molar-refractivity contribution in [2.75, 3.05) is 14.2 Å². The maximum Gasteiger partial charge on any atom is 0.343 e. The van der Waals surface area contributed by atoms with Crippen LogP contribution in [0.3, 0.4) is 0 Å². The zero-order valence-corrected chi connectivity index (χ0v) is 15.4. The van der Waals surface area contributed by atoms with Crippen molar-refractivity contribution < 1.29 is 19.0 Å². The van der Waals surface area contributed by atoms with Crippen LogP contribution in [0.4, 0.5) is 0 Å². The van der Waals surface area contributed by atoms with E-state index in [1.165, 1.54) is 5.56 Å². The summed E-state index contributed by atoms with van der Waals surface area (Å²) in [5.41, 5.74) is 3.40. The molecule has 0 radical (unpaired) electrons. The second-order valence-electron chi connectivity index (χ2n) is 6.39. The molecule has 0 saturated heterocycles. The summed E-state index contributed by atoms with van der Waals surface area (Å²) >= 11 is 0. The van der Waals surface area contributed by atoms with E-state index in [9.17, 15) is 4.79 Å². The van der Waals surface area contributed by atoms with E-state index in [-0.39, 0.29) is 5.97 Å². The standard InChI is InChI=1S/C22H22O4/c1-14(2)16-7-5-15(6-8-16)11-17-12-21(26-22(17)23)19-13-18(24-3)9-10-20(19)25-4/h5-14H,1-4H3/b17-11-. The molecule has 4 nitrogen and oxygen atoms in total. The molecule has 0 aliphatic carbocycles. The normalized spacial score (nSPS) is 15.2. The van der Waals surface area contributed by atoms with Crippen molar-refractivity contribution in [1.82, 2.24) is 0 Å². The first-order chi connectivity index (χ1) is 12.5. The molecule has 4 heteroatoms. The Morgan fingerprint density at radius 2 is 1.73 bits per heavy atom. The maximum atomic E-state index is 12.3. The van der Waals surface area contributed by atoms with Crippen LogP contribution >= 0.6 is 0 Å². The summed E-state index contributed by atoms with van der Waals surface area (Å²) in [5.74, 6) is 1.83. The van der Waals surface area contributed by atoms with Gasteiger partial charge in [0.15, 0.2) is 0 Å². The van der Waals surface area contributed by atoms with Crippen LogP contribution in [0.5, 0.6) is 11.5 Å². The molecule has 1 aliphatic rings. The number of ether oxygens (including phenoxy) is 3. The van der Waals surface area contributed by atoms with Gasteiger partial charge in [-0.3, -0.25) is 0 Å². The quantitative estimate of drug-likeness (QED) is 0.573. The summed E-state index contributed by atoms with van der Waals surface area (Å²) in [6, 6.07) is 13.5. The second-order valence-corrected chi connectivity index (χ2v) is 6.39. The van der Waals surface area contributed by atoms with Gasteiger partial charge in [-0.15, -0.1) is 0 Å². The minimum Gasteiger partial charge on any atom is -0.497 e. The molecule has 0 atom stereocenters. The summed E-state index contributed by atoms with van der Waals surface area (Å²) in [6.07, 6.45) is 3.56. The lowest BCUT2D eigenvalue weighted by molar-refractivity contribution is -0.130. The van der Waals surface area contributed by atoms with Crippen LogP contribution in [0.25, 0.3) is 11.8 Å². The van der Waals surface area contributed by atoms with Gasteiger partial charge in [-0.2, -0.15) is 0 Å². The summed E-state index contributed by atoms with van der Waals surface area (Å²) < 4.78 is 16.1. The summed E-state index contributed by atoms with van der Waals surface area (Å²) in [5, 5.41) is 0. The number of benzene rings is 2. The lowest BCUT2D eigenvalue weighted by Crippen LogP contribution is -1.99. The average Bonchev–Trinajstić information content (AvgIpc) is 3.02. The minimum absolute atomic E-state index is 0.377. The highest BCUT2D eigenvalue weighted by atomic mass is 16.5. The van der Waals surface area contributed by atoms with Gasteiger partial charge in [-0.25, -0.2) is 4.79 Å². The van der Waals surface area contributed by atoms with E-state index in [0.29, 0.717) is 34.3 Å². The third-order valence-corrected chi connectivity index (χ3v) is 4.32. The van der Waals surface area contributed by atoms with Gasteiger partial charge in [0.05, 0.1) is 25.4 Å². The van der Waals surface area contributed by atoms with Crippen LogP contribution in [-0.4, -0.2) is 20.2 Å². The highest BCUT2D eigenvalue weighted by Gasteiger charge is 2.24. The molecular weight excluding hydrogens is 328 g/mol. The fourth-order valence-corrected chi connectivity index (χ4v) is 2.79. The van der Waals surface area contributed by atoms with Crippen molar-refractivity contribution in [3.63, 3.8) is 0 Å². The molecule has 26 heavy (non-hydrogen) atoms. The molecule has 134 valence electrons. The monoisotopic (exact) mass is 350 g/mol. The Morgan fingerprint density at radius 1 is 1.00 bits per heavy atom. The molecule has 0 spiro atoms. The van der Waals surface area contributed by atoms with Crippen LogP contribution in [0.1, 0.15) is 36.5 Å². The zero-order valence-electron chi connectivity index (χ0n) is 15.4. The molecule has 0 saturated carbocycles. The van der Waals surface area contributed by atoms with Crippen molar-refractivity contribution in [3.8, 4) is 11.5 Å². The average molecular weight is 350 g/mol. The molecule has 0 N–H and O–H groups in total. The number of hydrogen-bond donors (Lipinski definition) is 0. The molecular formula is C22H22O4. The van der Waals surface area contributed by atoms with Crippen LogP contribution in [0.15, 0.2) is 54.1 Å². The van der Waals surface area contributed by atoms with Crippen molar-refractivity contribution in [2.24, 2.45) is 0 Å². The molecule has 0 bridgehead atoms. The predicted octanol–water partition coefficient (Wildman–Crippen LogP) is 4.81. The number of hydrogen-bond acceptors (Lipinski definition) is 4. The third-order valence-electron chi connectivity index (χ3n) is 4.32. The first-order valence-electron chi connectivity index (χ1n) is 8.49. The van der Waals surface area contributed by atoms with Gasteiger partial charge in [-0.05, 0) is 47.4 Å². The first kappa shape index (κ1) is 17.8. The molecule has 0 aromatic heterocycles. The predicted molar refractivity (Wildman–Crippen MR) is 102 cm³/mol.